The van der Waals surface area contributed by atoms with Gasteiger partial charge in [-0.3, -0.25) is 4.79 Å². The Balaban J connectivity index is 2.63. The molecule has 0 aliphatic rings. The van der Waals surface area contributed by atoms with Gasteiger partial charge in [0.2, 0.25) is 5.91 Å². The third-order valence-corrected chi connectivity index (χ3v) is 4.26. The van der Waals surface area contributed by atoms with Crippen LogP contribution in [0.1, 0.15) is 65.0 Å². The minimum Gasteiger partial charge on any atom is -0.467 e. The SMILES string of the molecule is CCCC(C)(NC(=O)CCc1ccc(C(C)(C)C)cc1)C(=O)OC. The summed E-state index contributed by atoms with van der Waals surface area (Å²) in [5, 5.41) is 2.84. The van der Waals surface area contributed by atoms with Gasteiger partial charge >= 0.3 is 5.97 Å². The lowest BCUT2D eigenvalue weighted by molar-refractivity contribution is -0.150. The van der Waals surface area contributed by atoms with Crippen LogP contribution in [-0.2, 0) is 26.2 Å². The van der Waals surface area contributed by atoms with E-state index in [1.54, 1.807) is 6.92 Å². The van der Waals surface area contributed by atoms with Crippen LogP contribution in [-0.4, -0.2) is 24.5 Å². The average molecular weight is 333 g/mol. The number of ether oxygens (including phenoxy) is 1. The molecular weight excluding hydrogens is 302 g/mol. The highest BCUT2D eigenvalue weighted by atomic mass is 16.5. The van der Waals surface area contributed by atoms with E-state index in [-0.39, 0.29) is 11.3 Å². The fourth-order valence-electron chi connectivity index (χ4n) is 2.74. The molecule has 0 aliphatic heterocycles. The van der Waals surface area contributed by atoms with Gasteiger partial charge in [0, 0.05) is 6.42 Å². The van der Waals surface area contributed by atoms with Crippen LogP contribution in [0, 0.1) is 0 Å². The van der Waals surface area contributed by atoms with Gasteiger partial charge in [0.25, 0.3) is 0 Å². The summed E-state index contributed by atoms with van der Waals surface area (Å²) in [6, 6.07) is 8.37. The first kappa shape index (κ1) is 20.2. The topological polar surface area (TPSA) is 55.4 Å². The summed E-state index contributed by atoms with van der Waals surface area (Å²) in [7, 11) is 1.35. The molecule has 0 fully saturated rings. The van der Waals surface area contributed by atoms with Crippen molar-refractivity contribution in [1.29, 1.82) is 0 Å². The monoisotopic (exact) mass is 333 g/mol. The van der Waals surface area contributed by atoms with Crippen molar-refractivity contribution in [2.24, 2.45) is 0 Å². The Kier molecular flexibility index (Phi) is 7.00. The average Bonchev–Trinajstić information content (AvgIpc) is 2.51. The van der Waals surface area contributed by atoms with Crippen LogP contribution < -0.4 is 5.32 Å². The maximum absolute atomic E-state index is 12.2. The molecule has 4 heteroatoms. The normalized spacial score (nSPS) is 13.9. The molecule has 1 aromatic carbocycles. The maximum atomic E-state index is 12.2. The van der Waals surface area contributed by atoms with Crippen molar-refractivity contribution in [2.45, 2.75) is 71.3 Å². The highest BCUT2D eigenvalue weighted by Crippen LogP contribution is 2.22. The molecule has 1 atom stereocenters. The molecule has 0 bridgehead atoms. The molecule has 0 saturated heterocycles. The van der Waals surface area contributed by atoms with E-state index in [1.165, 1.54) is 12.7 Å². The highest BCUT2D eigenvalue weighted by Gasteiger charge is 2.34. The Labute approximate surface area is 146 Å². The lowest BCUT2D eigenvalue weighted by Crippen LogP contribution is -2.52. The highest BCUT2D eigenvalue weighted by molar-refractivity contribution is 5.87. The van der Waals surface area contributed by atoms with E-state index in [0.29, 0.717) is 19.3 Å². The molecule has 0 aromatic heterocycles. The van der Waals surface area contributed by atoms with Crippen molar-refractivity contribution < 1.29 is 14.3 Å². The molecule has 1 aromatic rings. The molecule has 1 unspecified atom stereocenters. The minimum atomic E-state index is -0.948. The van der Waals surface area contributed by atoms with Gasteiger partial charge < -0.3 is 10.1 Å². The quantitative estimate of drug-likeness (QED) is 0.773. The molecule has 0 radical (unpaired) electrons. The van der Waals surface area contributed by atoms with E-state index in [4.69, 9.17) is 4.74 Å². The van der Waals surface area contributed by atoms with Gasteiger partial charge in [-0.15, -0.1) is 0 Å². The molecule has 134 valence electrons. The first-order valence-electron chi connectivity index (χ1n) is 8.61. The minimum absolute atomic E-state index is 0.123. The maximum Gasteiger partial charge on any atom is 0.331 e. The van der Waals surface area contributed by atoms with Gasteiger partial charge in [0.15, 0.2) is 0 Å². The molecular formula is C20H31NO3. The van der Waals surface area contributed by atoms with Gasteiger partial charge in [-0.25, -0.2) is 4.79 Å². The first-order valence-corrected chi connectivity index (χ1v) is 8.61. The second-order valence-electron chi connectivity index (χ2n) is 7.57. The molecule has 1 rings (SSSR count). The lowest BCUT2D eigenvalue weighted by Gasteiger charge is -2.27. The predicted octanol–water partition coefficient (Wildman–Crippen LogP) is 3.76. The zero-order valence-electron chi connectivity index (χ0n) is 15.9. The van der Waals surface area contributed by atoms with E-state index in [2.05, 4.69) is 50.4 Å². The molecule has 0 aliphatic carbocycles. The summed E-state index contributed by atoms with van der Waals surface area (Å²) in [5.41, 5.74) is 1.57. The van der Waals surface area contributed by atoms with Crippen LogP contribution in [0.2, 0.25) is 0 Å². The standard InChI is InChI=1S/C20H31NO3/c1-7-14-20(5,18(23)24-6)21-17(22)13-10-15-8-11-16(12-9-15)19(2,3)4/h8-9,11-12H,7,10,13-14H2,1-6H3,(H,21,22). The summed E-state index contributed by atoms with van der Waals surface area (Å²) < 4.78 is 4.82. The van der Waals surface area contributed by atoms with Crippen molar-refractivity contribution in [3.8, 4) is 0 Å². The van der Waals surface area contributed by atoms with Crippen LogP contribution in [0.15, 0.2) is 24.3 Å². The molecule has 0 saturated carbocycles. The lowest BCUT2D eigenvalue weighted by atomic mass is 9.86. The van der Waals surface area contributed by atoms with E-state index in [1.807, 2.05) is 6.92 Å². The number of esters is 1. The number of aryl methyl sites for hydroxylation is 1. The smallest absolute Gasteiger partial charge is 0.331 e. The zero-order valence-corrected chi connectivity index (χ0v) is 15.9. The number of benzene rings is 1. The van der Waals surface area contributed by atoms with Crippen molar-refractivity contribution in [3.63, 3.8) is 0 Å². The van der Waals surface area contributed by atoms with Crippen molar-refractivity contribution in [1.82, 2.24) is 5.32 Å². The van der Waals surface area contributed by atoms with E-state index in [0.717, 1.165) is 12.0 Å². The van der Waals surface area contributed by atoms with Gasteiger partial charge in [0.05, 0.1) is 7.11 Å². The number of methoxy groups -OCH3 is 1. The Morgan fingerprint density at radius 1 is 1.08 bits per heavy atom. The van der Waals surface area contributed by atoms with Crippen LogP contribution >= 0.6 is 0 Å². The second-order valence-corrected chi connectivity index (χ2v) is 7.57. The predicted molar refractivity (Wildman–Crippen MR) is 96.9 cm³/mol. The van der Waals surface area contributed by atoms with Gasteiger partial charge in [-0.2, -0.15) is 0 Å². The van der Waals surface area contributed by atoms with E-state index >= 15 is 0 Å². The first-order chi connectivity index (χ1) is 11.1. The van der Waals surface area contributed by atoms with E-state index in [9.17, 15) is 9.59 Å². The molecule has 0 heterocycles. The molecule has 4 nitrogen and oxygen atoms in total. The third-order valence-electron chi connectivity index (χ3n) is 4.26. The number of rotatable bonds is 7. The zero-order chi connectivity index (χ0) is 18.4. The summed E-state index contributed by atoms with van der Waals surface area (Å²) in [4.78, 5) is 24.2. The summed E-state index contributed by atoms with van der Waals surface area (Å²) >= 11 is 0. The van der Waals surface area contributed by atoms with E-state index < -0.39 is 11.5 Å². The fourth-order valence-corrected chi connectivity index (χ4v) is 2.74. The van der Waals surface area contributed by atoms with Crippen molar-refractivity contribution >= 4 is 11.9 Å². The number of carbonyl (C=O) groups is 2. The van der Waals surface area contributed by atoms with Crippen molar-refractivity contribution in [3.05, 3.63) is 35.4 Å². The fraction of sp³-hybridized carbons (Fsp3) is 0.600. The Bertz CT molecular complexity index is 557. The number of hydrogen-bond donors (Lipinski definition) is 1. The van der Waals surface area contributed by atoms with Gasteiger partial charge in [-0.1, -0.05) is 58.4 Å². The number of nitrogens with one attached hydrogen (secondary N) is 1. The Morgan fingerprint density at radius 2 is 1.67 bits per heavy atom. The van der Waals surface area contributed by atoms with Crippen LogP contribution in [0.25, 0.3) is 0 Å². The van der Waals surface area contributed by atoms with Crippen LogP contribution in [0.4, 0.5) is 0 Å². The summed E-state index contributed by atoms with van der Waals surface area (Å²) in [5.74, 6) is -0.525. The molecule has 1 N–H and O–H groups in total. The largest absolute Gasteiger partial charge is 0.467 e. The van der Waals surface area contributed by atoms with Crippen LogP contribution in [0.5, 0.6) is 0 Å². The summed E-state index contributed by atoms with van der Waals surface area (Å²) in [6.07, 6.45) is 2.36. The second kappa shape index (κ2) is 8.32. The summed E-state index contributed by atoms with van der Waals surface area (Å²) in [6.45, 7) is 10.2. The Hall–Kier alpha value is -1.84. The number of amides is 1. The van der Waals surface area contributed by atoms with Crippen LogP contribution in [0.3, 0.4) is 0 Å². The van der Waals surface area contributed by atoms with Gasteiger partial charge in [0.1, 0.15) is 5.54 Å². The Morgan fingerprint density at radius 3 is 2.12 bits per heavy atom. The molecule has 1 amide bonds. The number of hydrogen-bond acceptors (Lipinski definition) is 3. The molecule has 24 heavy (non-hydrogen) atoms. The third kappa shape index (κ3) is 5.66. The van der Waals surface area contributed by atoms with Crippen molar-refractivity contribution in [2.75, 3.05) is 7.11 Å². The molecule has 0 spiro atoms. The van der Waals surface area contributed by atoms with Gasteiger partial charge in [-0.05, 0) is 36.3 Å². The number of carbonyl (C=O) groups excluding carboxylic acids is 2.